The minimum Gasteiger partial charge on any atom is -0.347 e. The standard InChI is InChI=1S/C20H17N3OS/c1-14-17-9-5-6-10-18(17)25-19(14)20(24)21-11-15-12-22-23(13-15)16-7-3-2-4-8-16/h2-10,12-13H,11H2,1H3,(H,21,24). The third-order valence-corrected chi connectivity index (χ3v) is 5.43. The van der Waals surface area contributed by atoms with Gasteiger partial charge in [-0.1, -0.05) is 36.4 Å². The van der Waals surface area contributed by atoms with Gasteiger partial charge in [0.05, 0.1) is 16.8 Å². The number of carbonyl (C=O) groups is 1. The SMILES string of the molecule is Cc1c(C(=O)NCc2cnn(-c3ccccc3)c2)sc2ccccc12. The van der Waals surface area contributed by atoms with Crippen LogP contribution in [0, 0.1) is 6.92 Å². The Bertz CT molecular complexity index is 1030. The Morgan fingerprint density at radius 3 is 2.68 bits per heavy atom. The molecular weight excluding hydrogens is 330 g/mol. The number of aromatic nitrogens is 2. The molecule has 0 spiro atoms. The highest BCUT2D eigenvalue weighted by atomic mass is 32.1. The Balaban J connectivity index is 1.48. The molecule has 25 heavy (non-hydrogen) atoms. The molecule has 124 valence electrons. The Morgan fingerprint density at radius 2 is 1.88 bits per heavy atom. The van der Waals surface area contributed by atoms with Crippen LogP contribution in [0.3, 0.4) is 0 Å². The van der Waals surface area contributed by atoms with E-state index >= 15 is 0 Å². The van der Waals surface area contributed by atoms with Gasteiger partial charge in [0, 0.05) is 23.0 Å². The van der Waals surface area contributed by atoms with E-state index in [1.807, 2.05) is 66.3 Å². The molecule has 2 aromatic carbocycles. The number of hydrogen-bond acceptors (Lipinski definition) is 3. The minimum absolute atomic E-state index is 0.0360. The van der Waals surface area contributed by atoms with Crippen molar-refractivity contribution in [1.29, 1.82) is 0 Å². The second-order valence-electron chi connectivity index (χ2n) is 5.86. The first-order valence-corrected chi connectivity index (χ1v) is 8.89. The van der Waals surface area contributed by atoms with Gasteiger partial charge in [-0.25, -0.2) is 4.68 Å². The summed E-state index contributed by atoms with van der Waals surface area (Å²) in [5, 5.41) is 8.51. The maximum absolute atomic E-state index is 12.6. The van der Waals surface area contributed by atoms with Gasteiger partial charge in [0.25, 0.3) is 5.91 Å². The predicted octanol–water partition coefficient (Wildman–Crippen LogP) is 4.33. The fourth-order valence-electron chi connectivity index (χ4n) is 2.83. The Hall–Kier alpha value is -2.92. The van der Waals surface area contributed by atoms with Crippen molar-refractivity contribution < 1.29 is 4.79 Å². The van der Waals surface area contributed by atoms with Crippen LogP contribution in [0.2, 0.25) is 0 Å². The average Bonchev–Trinajstić information content (AvgIpc) is 3.26. The summed E-state index contributed by atoms with van der Waals surface area (Å²) in [7, 11) is 0. The summed E-state index contributed by atoms with van der Waals surface area (Å²) < 4.78 is 2.95. The van der Waals surface area contributed by atoms with E-state index in [1.54, 1.807) is 6.20 Å². The quantitative estimate of drug-likeness (QED) is 0.597. The molecule has 4 nitrogen and oxygen atoms in total. The topological polar surface area (TPSA) is 46.9 Å². The highest BCUT2D eigenvalue weighted by Gasteiger charge is 2.15. The second kappa shape index (κ2) is 6.53. The van der Waals surface area contributed by atoms with Gasteiger partial charge in [-0.3, -0.25) is 4.79 Å². The number of nitrogens with zero attached hydrogens (tertiary/aromatic N) is 2. The first-order chi connectivity index (χ1) is 12.2. The molecule has 0 unspecified atom stereocenters. The zero-order chi connectivity index (χ0) is 17.2. The maximum Gasteiger partial charge on any atom is 0.261 e. The zero-order valence-electron chi connectivity index (χ0n) is 13.8. The van der Waals surface area contributed by atoms with Crippen LogP contribution in [0.15, 0.2) is 67.0 Å². The van der Waals surface area contributed by atoms with Crippen LogP contribution in [0.4, 0.5) is 0 Å². The van der Waals surface area contributed by atoms with Crippen molar-refractivity contribution in [3.63, 3.8) is 0 Å². The third-order valence-electron chi connectivity index (χ3n) is 4.16. The van der Waals surface area contributed by atoms with Gasteiger partial charge >= 0.3 is 0 Å². The molecular formula is C20H17N3OS. The largest absolute Gasteiger partial charge is 0.347 e. The lowest BCUT2D eigenvalue weighted by atomic mass is 10.1. The van der Waals surface area contributed by atoms with E-state index in [4.69, 9.17) is 0 Å². The number of carbonyl (C=O) groups excluding carboxylic acids is 1. The lowest BCUT2D eigenvalue weighted by Crippen LogP contribution is -2.22. The Kier molecular flexibility index (Phi) is 4.07. The number of rotatable bonds is 4. The van der Waals surface area contributed by atoms with E-state index in [-0.39, 0.29) is 5.91 Å². The summed E-state index contributed by atoms with van der Waals surface area (Å²) in [6.45, 7) is 2.46. The number of hydrogen-bond donors (Lipinski definition) is 1. The van der Waals surface area contributed by atoms with Gasteiger partial charge in [-0.2, -0.15) is 5.10 Å². The molecule has 4 rings (SSSR count). The minimum atomic E-state index is -0.0360. The van der Waals surface area contributed by atoms with Crippen LogP contribution in [0.1, 0.15) is 20.8 Å². The molecule has 0 radical (unpaired) electrons. The first kappa shape index (κ1) is 15.6. The Labute approximate surface area is 149 Å². The molecule has 1 N–H and O–H groups in total. The van der Waals surface area contributed by atoms with Crippen LogP contribution >= 0.6 is 11.3 Å². The summed E-state index contributed by atoms with van der Waals surface area (Å²) >= 11 is 1.54. The van der Waals surface area contributed by atoms with E-state index in [1.165, 1.54) is 11.3 Å². The molecule has 5 heteroatoms. The van der Waals surface area contributed by atoms with Crippen LogP contribution < -0.4 is 5.32 Å². The van der Waals surface area contributed by atoms with E-state index in [0.29, 0.717) is 6.54 Å². The summed E-state index contributed by atoms with van der Waals surface area (Å²) in [6.07, 6.45) is 3.72. The van der Waals surface area contributed by atoms with Crippen LogP contribution in [-0.4, -0.2) is 15.7 Å². The van der Waals surface area contributed by atoms with Gasteiger partial charge in [-0.15, -0.1) is 11.3 Å². The molecule has 0 atom stereocenters. The van der Waals surface area contributed by atoms with Crippen LogP contribution in [0.25, 0.3) is 15.8 Å². The lowest BCUT2D eigenvalue weighted by Gasteiger charge is -2.03. The van der Waals surface area contributed by atoms with Gasteiger partial charge < -0.3 is 5.32 Å². The van der Waals surface area contributed by atoms with Crippen molar-refractivity contribution in [3.8, 4) is 5.69 Å². The fraction of sp³-hybridized carbons (Fsp3) is 0.100. The van der Waals surface area contributed by atoms with E-state index in [2.05, 4.69) is 16.5 Å². The number of thiophene rings is 1. The number of aryl methyl sites for hydroxylation is 1. The number of amides is 1. The monoisotopic (exact) mass is 347 g/mol. The van der Waals surface area contributed by atoms with Crippen molar-refractivity contribution in [2.24, 2.45) is 0 Å². The summed E-state index contributed by atoms with van der Waals surface area (Å²) in [5.41, 5.74) is 3.01. The molecule has 1 amide bonds. The Morgan fingerprint density at radius 1 is 1.12 bits per heavy atom. The molecule has 0 aliphatic heterocycles. The van der Waals surface area contributed by atoms with E-state index in [0.717, 1.165) is 31.8 Å². The van der Waals surface area contributed by atoms with E-state index in [9.17, 15) is 4.79 Å². The number of nitrogens with one attached hydrogen (secondary N) is 1. The maximum atomic E-state index is 12.6. The molecule has 0 saturated carbocycles. The molecule has 0 saturated heterocycles. The highest BCUT2D eigenvalue weighted by molar-refractivity contribution is 7.21. The summed E-state index contributed by atoms with van der Waals surface area (Å²) in [4.78, 5) is 13.3. The van der Waals surface area contributed by atoms with Crippen molar-refractivity contribution in [2.75, 3.05) is 0 Å². The van der Waals surface area contributed by atoms with Crippen LogP contribution in [0.5, 0.6) is 0 Å². The number of benzene rings is 2. The molecule has 2 aromatic heterocycles. The van der Waals surface area contributed by atoms with Crippen molar-refractivity contribution in [3.05, 3.63) is 83.0 Å². The fourth-order valence-corrected chi connectivity index (χ4v) is 3.95. The predicted molar refractivity (Wildman–Crippen MR) is 101 cm³/mol. The highest BCUT2D eigenvalue weighted by Crippen LogP contribution is 2.30. The van der Waals surface area contributed by atoms with Gasteiger partial charge in [0.1, 0.15) is 0 Å². The summed E-state index contributed by atoms with van der Waals surface area (Å²) in [5.74, 6) is -0.0360. The van der Waals surface area contributed by atoms with Crippen molar-refractivity contribution in [2.45, 2.75) is 13.5 Å². The smallest absolute Gasteiger partial charge is 0.261 e. The molecule has 0 aliphatic carbocycles. The van der Waals surface area contributed by atoms with Gasteiger partial charge in [-0.05, 0) is 36.1 Å². The van der Waals surface area contributed by atoms with Gasteiger partial charge in [0.15, 0.2) is 0 Å². The molecule has 0 aliphatic rings. The summed E-state index contributed by atoms with van der Waals surface area (Å²) in [6, 6.07) is 18.0. The zero-order valence-corrected chi connectivity index (χ0v) is 14.6. The van der Waals surface area contributed by atoms with Gasteiger partial charge in [0.2, 0.25) is 0 Å². The third kappa shape index (κ3) is 3.06. The molecule has 2 heterocycles. The number of fused-ring (bicyclic) bond motifs is 1. The molecule has 0 fully saturated rings. The van der Waals surface area contributed by atoms with Crippen LogP contribution in [-0.2, 0) is 6.54 Å². The second-order valence-corrected chi connectivity index (χ2v) is 6.92. The normalized spacial score (nSPS) is 10.9. The first-order valence-electron chi connectivity index (χ1n) is 8.07. The average molecular weight is 347 g/mol. The molecule has 0 bridgehead atoms. The molecule has 4 aromatic rings. The van der Waals surface area contributed by atoms with Crippen molar-refractivity contribution in [1.82, 2.24) is 15.1 Å². The number of para-hydroxylation sites is 1. The van der Waals surface area contributed by atoms with E-state index < -0.39 is 0 Å². The van der Waals surface area contributed by atoms with Crippen molar-refractivity contribution >= 4 is 27.3 Å². The lowest BCUT2D eigenvalue weighted by molar-refractivity contribution is 0.0954.